The van der Waals surface area contributed by atoms with Crippen LogP contribution in [0.15, 0.2) is 30.5 Å². The van der Waals surface area contributed by atoms with E-state index in [1.54, 1.807) is 23.0 Å². The zero-order valence-corrected chi connectivity index (χ0v) is 8.31. The lowest BCUT2D eigenvalue weighted by Gasteiger charge is -2.06. The van der Waals surface area contributed by atoms with Crippen LogP contribution < -0.4 is 0 Å². The number of hydrogen-bond donors (Lipinski definition) is 1. The molecule has 0 aliphatic rings. The summed E-state index contributed by atoms with van der Waals surface area (Å²) in [5, 5.41) is 13.7. The normalized spacial score (nSPS) is 10.5. The van der Waals surface area contributed by atoms with Gasteiger partial charge in [0.1, 0.15) is 11.6 Å². The molecule has 0 spiro atoms. The summed E-state index contributed by atoms with van der Waals surface area (Å²) in [7, 11) is 0. The number of nitrogens with zero attached hydrogens (tertiary/aromatic N) is 2. The Morgan fingerprint density at radius 2 is 2.20 bits per heavy atom. The van der Waals surface area contributed by atoms with Crippen LogP contribution in [0.4, 0.5) is 4.39 Å². The van der Waals surface area contributed by atoms with Crippen LogP contribution >= 0.6 is 0 Å². The van der Waals surface area contributed by atoms with E-state index in [0.717, 1.165) is 11.8 Å². The molecule has 15 heavy (non-hydrogen) atoms. The molecule has 2 aromatic rings. The Labute approximate surface area is 86.8 Å². The van der Waals surface area contributed by atoms with E-state index in [0.29, 0.717) is 12.1 Å². The van der Waals surface area contributed by atoms with Crippen molar-refractivity contribution in [3.63, 3.8) is 0 Å². The molecule has 0 bridgehead atoms. The monoisotopic (exact) mass is 206 g/mol. The Morgan fingerprint density at radius 3 is 2.87 bits per heavy atom. The standard InChI is InChI=1S/C11H11FN2O/c1-2-14-10(5-6-13-14)9-4-3-8(12)7-11(9)15/h3-7,15H,2H2,1H3. The van der Waals surface area contributed by atoms with Crippen LogP contribution in [-0.2, 0) is 6.54 Å². The summed E-state index contributed by atoms with van der Waals surface area (Å²) in [6, 6.07) is 5.76. The summed E-state index contributed by atoms with van der Waals surface area (Å²) < 4.78 is 14.5. The van der Waals surface area contributed by atoms with Crippen molar-refractivity contribution >= 4 is 0 Å². The summed E-state index contributed by atoms with van der Waals surface area (Å²) in [5.74, 6) is -0.510. The van der Waals surface area contributed by atoms with Crippen molar-refractivity contribution in [2.24, 2.45) is 0 Å². The average Bonchev–Trinajstić information content (AvgIpc) is 2.65. The Kier molecular flexibility index (Phi) is 2.41. The molecular weight excluding hydrogens is 195 g/mol. The number of benzene rings is 1. The van der Waals surface area contributed by atoms with Gasteiger partial charge in [0.05, 0.1) is 5.69 Å². The maximum Gasteiger partial charge on any atom is 0.127 e. The molecular formula is C11H11FN2O. The molecule has 0 unspecified atom stereocenters. The van der Waals surface area contributed by atoms with E-state index < -0.39 is 5.82 Å². The van der Waals surface area contributed by atoms with Crippen molar-refractivity contribution in [2.45, 2.75) is 13.5 Å². The van der Waals surface area contributed by atoms with Gasteiger partial charge in [0, 0.05) is 24.4 Å². The molecule has 0 aliphatic carbocycles. The van der Waals surface area contributed by atoms with Crippen molar-refractivity contribution in [2.75, 3.05) is 0 Å². The Morgan fingerprint density at radius 1 is 1.40 bits per heavy atom. The Balaban J connectivity index is 2.54. The topological polar surface area (TPSA) is 38.0 Å². The van der Waals surface area contributed by atoms with Gasteiger partial charge < -0.3 is 5.11 Å². The van der Waals surface area contributed by atoms with Gasteiger partial charge in [-0.05, 0) is 25.1 Å². The number of aryl methyl sites for hydroxylation is 1. The van der Waals surface area contributed by atoms with Gasteiger partial charge >= 0.3 is 0 Å². The third-order valence-electron chi connectivity index (χ3n) is 2.25. The summed E-state index contributed by atoms with van der Waals surface area (Å²) in [4.78, 5) is 0. The summed E-state index contributed by atoms with van der Waals surface area (Å²) in [5.41, 5.74) is 1.38. The molecule has 0 saturated heterocycles. The van der Waals surface area contributed by atoms with Gasteiger partial charge in [-0.1, -0.05) is 0 Å². The molecule has 0 fully saturated rings. The molecule has 0 aliphatic heterocycles. The molecule has 4 heteroatoms. The third kappa shape index (κ3) is 1.70. The SMILES string of the molecule is CCn1nccc1-c1ccc(F)cc1O. The van der Waals surface area contributed by atoms with Crippen molar-refractivity contribution in [1.82, 2.24) is 9.78 Å². The molecule has 1 aromatic carbocycles. The van der Waals surface area contributed by atoms with E-state index >= 15 is 0 Å². The van der Waals surface area contributed by atoms with Crippen LogP contribution in [0.2, 0.25) is 0 Å². The van der Waals surface area contributed by atoms with E-state index in [9.17, 15) is 9.50 Å². The van der Waals surface area contributed by atoms with E-state index in [1.807, 2.05) is 6.92 Å². The first kappa shape index (κ1) is 9.71. The van der Waals surface area contributed by atoms with Gasteiger partial charge in [0.15, 0.2) is 0 Å². The number of aromatic hydroxyl groups is 1. The van der Waals surface area contributed by atoms with E-state index in [4.69, 9.17) is 0 Å². The number of phenols is 1. The van der Waals surface area contributed by atoms with Gasteiger partial charge in [-0.15, -0.1) is 0 Å². The average molecular weight is 206 g/mol. The predicted octanol–water partition coefficient (Wildman–Crippen LogP) is 2.41. The van der Waals surface area contributed by atoms with Crippen molar-refractivity contribution in [3.05, 3.63) is 36.3 Å². The third-order valence-corrected chi connectivity index (χ3v) is 2.25. The first-order valence-corrected chi connectivity index (χ1v) is 4.73. The molecule has 1 aromatic heterocycles. The molecule has 0 amide bonds. The Bertz CT molecular complexity index is 479. The zero-order chi connectivity index (χ0) is 10.8. The van der Waals surface area contributed by atoms with Crippen molar-refractivity contribution in [3.8, 4) is 17.0 Å². The first-order valence-electron chi connectivity index (χ1n) is 4.73. The maximum atomic E-state index is 12.8. The minimum atomic E-state index is -0.446. The van der Waals surface area contributed by atoms with Gasteiger partial charge in [0.2, 0.25) is 0 Å². The molecule has 0 saturated carbocycles. The summed E-state index contributed by atoms with van der Waals surface area (Å²) in [6.07, 6.45) is 1.65. The van der Waals surface area contributed by atoms with Gasteiger partial charge in [-0.3, -0.25) is 4.68 Å². The lowest BCUT2D eigenvalue weighted by atomic mass is 10.1. The second-order valence-corrected chi connectivity index (χ2v) is 3.19. The fourth-order valence-corrected chi connectivity index (χ4v) is 1.53. The number of aromatic nitrogens is 2. The largest absolute Gasteiger partial charge is 0.507 e. The van der Waals surface area contributed by atoms with Crippen LogP contribution in [0.1, 0.15) is 6.92 Å². The van der Waals surface area contributed by atoms with Crippen LogP contribution in [0.25, 0.3) is 11.3 Å². The lowest BCUT2D eigenvalue weighted by molar-refractivity contribution is 0.470. The minimum absolute atomic E-state index is 0.0646. The number of halogens is 1. The van der Waals surface area contributed by atoms with Crippen molar-refractivity contribution < 1.29 is 9.50 Å². The molecule has 2 rings (SSSR count). The Hall–Kier alpha value is -1.84. The molecule has 0 radical (unpaired) electrons. The van der Waals surface area contributed by atoms with Crippen LogP contribution in [0.3, 0.4) is 0 Å². The highest BCUT2D eigenvalue weighted by Gasteiger charge is 2.09. The first-order chi connectivity index (χ1) is 7.22. The highest BCUT2D eigenvalue weighted by atomic mass is 19.1. The lowest BCUT2D eigenvalue weighted by Crippen LogP contribution is -1.98. The summed E-state index contributed by atoms with van der Waals surface area (Å²) >= 11 is 0. The molecule has 1 N–H and O–H groups in total. The van der Waals surface area contributed by atoms with Crippen LogP contribution in [0, 0.1) is 5.82 Å². The highest BCUT2D eigenvalue weighted by Crippen LogP contribution is 2.29. The second kappa shape index (κ2) is 3.73. The molecule has 1 heterocycles. The number of phenolic OH excluding ortho intramolecular Hbond substituents is 1. The van der Waals surface area contributed by atoms with Crippen LogP contribution in [0.5, 0.6) is 5.75 Å². The molecule has 3 nitrogen and oxygen atoms in total. The van der Waals surface area contributed by atoms with E-state index in [1.165, 1.54) is 6.07 Å². The van der Waals surface area contributed by atoms with Gasteiger partial charge in [0.25, 0.3) is 0 Å². The van der Waals surface area contributed by atoms with E-state index in [2.05, 4.69) is 5.10 Å². The predicted molar refractivity (Wildman–Crippen MR) is 55.0 cm³/mol. The second-order valence-electron chi connectivity index (χ2n) is 3.19. The maximum absolute atomic E-state index is 12.8. The molecule has 0 atom stereocenters. The zero-order valence-electron chi connectivity index (χ0n) is 8.31. The van der Waals surface area contributed by atoms with Crippen LogP contribution in [-0.4, -0.2) is 14.9 Å². The number of hydrogen-bond acceptors (Lipinski definition) is 2. The van der Waals surface area contributed by atoms with Crippen molar-refractivity contribution in [1.29, 1.82) is 0 Å². The quantitative estimate of drug-likeness (QED) is 0.819. The van der Waals surface area contributed by atoms with Gasteiger partial charge in [-0.2, -0.15) is 5.10 Å². The fraction of sp³-hybridized carbons (Fsp3) is 0.182. The number of rotatable bonds is 2. The van der Waals surface area contributed by atoms with Gasteiger partial charge in [-0.25, -0.2) is 4.39 Å². The highest BCUT2D eigenvalue weighted by molar-refractivity contribution is 5.66. The fourth-order valence-electron chi connectivity index (χ4n) is 1.53. The summed E-state index contributed by atoms with van der Waals surface area (Å²) in [6.45, 7) is 2.66. The van der Waals surface area contributed by atoms with E-state index in [-0.39, 0.29) is 5.75 Å². The minimum Gasteiger partial charge on any atom is -0.507 e. The molecule has 78 valence electrons. The smallest absolute Gasteiger partial charge is 0.127 e.